The molecule has 124 valence electrons. The maximum Gasteiger partial charge on any atom is 0.429 e. The third-order valence-corrected chi connectivity index (χ3v) is 2.92. The maximum atomic E-state index is 13.2. The fraction of sp³-hybridized carbons (Fsp3) is 0.429. The second-order valence-electron chi connectivity index (χ2n) is 5.20. The van der Waals surface area contributed by atoms with Gasteiger partial charge in [-0.3, -0.25) is 0 Å². The molecule has 1 atom stereocenters. The fourth-order valence-corrected chi connectivity index (χ4v) is 2.16. The number of halogens is 3. The maximum absolute atomic E-state index is 13.2. The van der Waals surface area contributed by atoms with Gasteiger partial charge >= 0.3 is 12.1 Å². The van der Waals surface area contributed by atoms with Gasteiger partial charge in [-0.2, -0.15) is 18.0 Å². The summed E-state index contributed by atoms with van der Waals surface area (Å²) in [5, 5.41) is 10.8. The Balaban J connectivity index is 2.20. The van der Waals surface area contributed by atoms with E-state index in [0.29, 0.717) is 17.0 Å². The molecule has 1 heterocycles. The summed E-state index contributed by atoms with van der Waals surface area (Å²) in [5.41, 5.74) is 1.18. The molecule has 0 saturated carbocycles. The number of aryl methyl sites for hydroxylation is 3. The van der Waals surface area contributed by atoms with E-state index in [-0.39, 0.29) is 5.56 Å². The summed E-state index contributed by atoms with van der Waals surface area (Å²) < 4.78 is 44.4. The Morgan fingerprint density at radius 2 is 1.83 bits per heavy atom. The van der Waals surface area contributed by atoms with Gasteiger partial charge in [0.05, 0.1) is 0 Å². The molecule has 9 heteroatoms. The van der Waals surface area contributed by atoms with E-state index in [1.54, 1.807) is 26.8 Å². The van der Waals surface area contributed by atoms with Crippen LogP contribution in [0.5, 0.6) is 0 Å². The van der Waals surface area contributed by atoms with E-state index < -0.39 is 24.8 Å². The number of tetrazole rings is 1. The van der Waals surface area contributed by atoms with E-state index in [4.69, 9.17) is 0 Å². The van der Waals surface area contributed by atoms with Crippen LogP contribution >= 0.6 is 0 Å². The predicted octanol–water partition coefficient (Wildman–Crippen LogP) is 2.45. The number of nitrogens with zero attached hydrogens (tertiary/aromatic N) is 4. The highest BCUT2D eigenvalue weighted by atomic mass is 19.4. The molecule has 0 fully saturated rings. The van der Waals surface area contributed by atoms with Crippen molar-refractivity contribution in [2.45, 2.75) is 39.6 Å². The van der Waals surface area contributed by atoms with Crippen LogP contribution in [-0.4, -0.2) is 32.4 Å². The van der Waals surface area contributed by atoms with E-state index in [0.717, 1.165) is 4.80 Å². The van der Waals surface area contributed by atoms with Crippen molar-refractivity contribution >= 4 is 5.97 Å². The number of alkyl halides is 3. The number of benzene rings is 1. The smallest absolute Gasteiger partial charge is 0.429 e. The van der Waals surface area contributed by atoms with Crippen LogP contribution in [0, 0.1) is 20.8 Å². The molecule has 23 heavy (non-hydrogen) atoms. The van der Waals surface area contributed by atoms with Crippen LogP contribution in [0.15, 0.2) is 18.2 Å². The molecule has 0 radical (unpaired) electrons. The molecule has 2 aromatic rings. The highest BCUT2D eigenvalue weighted by Gasteiger charge is 2.44. The second kappa shape index (κ2) is 6.35. The van der Waals surface area contributed by atoms with Gasteiger partial charge in [-0.05, 0) is 26.0 Å². The number of aromatic nitrogens is 4. The van der Waals surface area contributed by atoms with Crippen molar-refractivity contribution in [1.29, 1.82) is 0 Å². The summed E-state index contributed by atoms with van der Waals surface area (Å²) in [6.45, 7) is 4.35. The molecule has 0 bridgehead atoms. The highest BCUT2D eigenvalue weighted by molar-refractivity contribution is 5.69. The molecule has 0 aliphatic rings. The molecule has 0 N–H and O–H groups in total. The topological polar surface area (TPSA) is 69.9 Å². The van der Waals surface area contributed by atoms with Crippen molar-refractivity contribution in [3.05, 3.63) is 40.7 Å². The Bertz CT molecular complexity index is 692. The molecule has 0 aliphatic heterocycles. The van der Waals surface area contributed by atoms with E-state index in [2.05, 4.69) is 20.1 Å². The summed E-state index contributed by atoms with van der Waals surface area (Å²) in [6.07, 6.45) is -7.06. The van der Waals surface area contributed by atoms with Crippen LogP contribution in [0.1, 0.15) is 28.6 Å². The Labute approximate surface area is 130 Å². The monoisotopic (exact) mass is 328 g/mol. The number of hydrogen-bond acceptors (Lipinski definition) is 5. The van der Waals surface area contributed by atoms with Gasteiger partial charge in [0.1, 0.15) is 0 Å². The average molecular weight is 328 g/mol. The van der Waals surface area contributed by atoms with Crippen LogP contribution in [0.25, 0.3) is 0 Å². The number of hydrogen-bond donors (Lipinski definition) is 0. The molecule has 0 aliphatic carbocycles. The lowest BCUT2D eigenvalue weighted by Crippen LogP contribution is -2.28. The van der Waals surface area contributed by atoms with E-state index in [9.17, 15) is 18.0 Å². The van der Waals surface area contributed by atoms with Crippen LogP contribution in [0.2, 0.25) is 0 Å². The minimum atomic E-state index is -4.72. The molecule has 0 spiro atoms. The summed E-state index contributed by atoms with van der Waals surface area (Å²) in [5.74, 6) is -0.789. The second-order valence-corrected chi connectivity index (χ2v) is 5.20. The van der Waals surface area contributed by atoms with Gasteiger partial charge in [-0.15, -0.1) is 10.2 Å². The lowest BCUT2D eigenvalue weighted by Gasteiger charge is -2.21. The quantitative estimate of drug-likeness (QED) is 0.806. The first-order valence-electron chi connectivity index (χ1n) is 6.74. The minimum Gasteiger partial charge on any atom is -0.446 e. The number of esters is 1. The Hall–Kier alpha value is -2.45. The molecular formula is C14H15F3N4O2. The molecule has 0 saturated heterocycles. The van der Waals surface area contributed by atoms with E-state index in [1.165, 1.54) is 12.1 Å². The van der Waals surface area contributed by atoms with Crippen LogP contribution in [-0.2, 0) is 16.1 Å². The normalized spacial score (nSPS) is 13.0. The van der Waals surface area contributed by atoms with Crippen LogP contribution in [0.4, 0.5) is 13.2 Å². The molecule has 1 aromatic heterocycles. The first kappa shape index (κ1) is 16.9. The third-order valence-electron chi connectivity index (χ3n) is 2.92. The third kappa shape index (κ3) is 4.51. The zero-order valence-electron chi connectivity index (χ0n) is 12.8. The largest absolute Gasteiger partial charge is 0.446 e. The Kier molecular flexibility index (Phi) is 4.67. The van der Waals surface area contributed by atoms with Gasteiger partial charge in [-0.25, -0.2) is 4.79 Å². The molecule has 6 nitrogen and oxygen atoms in total. The summed E-state index contributed by atoms with van der Waals surface area (Å²) in [7, 11) is 0. The van der Waals surface area contributed by atoms with E-state index >= 15 is 0 Å². The number of ether oxygens (including phenoxy) is 1. The number of carbonyl (C=O) groups excluding carboxylic acids is 1. The van der Waals surface area contributed by atoms with Crippen LogP contribution in [0.3, 0.4) is 0 Å². The summed E-state index contributed by atoms with van der Waals surface area (Å²) in [6, 6.07) is 4.42. The number of carbonyl (C=O) groups is 1. The SMILES string of the molecule is Cc1cc(C)cc(C(OC(=O)Cn2nnc(C)n2)C(F)(F)F)c1. The Morgan fingerprint density at radius 3 is 2.30 bits per heavy atom. The Morgan fingerprint density at radius 1 is 1.22 bits per heavy atom. The van der Waals surface area contributed by atoms with Gasteiger partial charge in [0.15, 0.2) is 12.4 Å². The van der Waals surface area contributed by atoms with Crippen molar-refractivity contribution in [1.82, 2.24) is 20.2 Å². The van der Waals surface area contributed by atoms with Crippen molar-refractivity contribution in [2.24, 2.45) is 0 Å². The first-order valence-corrected chi connectivity index (χ1v) is 6.74. The summed E-state index contributed by atoms with van der Waals surface area (Å²) >= 11 is 0. The molecule has 2 rings (SSSR count). The standard InChI is InChI=1S/C14H15F3N4O2/c1-8-4-9(2)6-11(5-8)13(14(15,16)17)23-12(22)7-21-19-10(3)18-20-21/h4-6,13H,7H2,1-3H3. The van der Waals surface area contributed by atoms with E-state index in [1.807, 2.05) is 0 Å². The zero-order valence-corrected chi connectivity index (χ0v) is 12.8. The van der Waals surface area contributed by atoms with Crippen molar-refractivity contribution in [3.63, 3.8) is 0 Å². The lowest BCUT2D eigenvalue weighted by atomic mass is 10.0. The van der Waals surface area contributed by atoms with Gasteiger partial charge < -0.3 is 4.74 Å². The van der Waals surface area contributed by atoms with Crippen molar-refractivity contribution < 1.29 is 22.7 Å². The lowest BCUT2D eigenvalue weighted by molar-refractivity contribution is -0.224. The molecule has 1 aromatic carbocycles. The minimum absolute atomic E-state index is 0.119. The fourth-order valence-electron chi connectivity index (χ4n) is 2.16. The summed E-state index contributed by atoms with van der Waals surface area (Å²) in [4.78, 5) is 12.7. The van der Waals surface area contributed by atoms with Crippen LogP contribution < -0.4 is 0 Å². The van der Waals surface area contributed by atoms with Gasteiger partial charge in [0.2, 0.25) is 6.10 Å². The van der Waals surface area contributed by atoms with Gasteiger partial charge in [-0.1, -0.05) is 29.3 Å². The number of rotatable bonds is 4. The molecule has 0 amide bonds. The molecule has 1 unspecified atom stereocenters. The first-order chi connectivity index (χ1) is 10.6. The van der Waals surface area contributed by atoms with Crippen molar-refractivity contribution in [2.75, 3.05) is 0 Å². The van der Waals surface area contributed by atoms with Gasteiger partial charge in [0, 0.05) is 5.56 Å². The highest BCUT2D eigenvalue weighted by Crippen LogP contribution is 2.36. The average Bonchev–Trinajstić information content (AvgIpc) is 2.78. The van der Waals surface area contributed by atoms with Crippen molar-refractivity contribution in [3.8, 4) is 0 Å². The zero-order chi connectivity index (χ0) is 17.2. The molecular weight excluding hydrogens is 313 g/mol. The van der Waals surface area contributed by atoms with Gasteiger partial charge in [0.25, 0.3) is 0 Å². The predicted molar refractivity (Wildman–Crippen MR) is 73.4 cm³/mol.